The first-order chi connectivity index (χ1) is 13.5. The van der Waals surface area contributed by atoms with Crippen LogP contribution >= 0.6 is 0 Å². The number of aromatic nitrogens is 1. The molecule has 0 fully saturated rings. The van der Waals surface area contributed by atoms with E-state index in [0.29, 0.717) is 40.7 Å². The van der Waals surface area contributed by atoms with Gasteiger partial charge in [-0.15, -0.1) is 0 Å². The molecule has 6 nitrogen and oxygen atoms in total. The average molecular weight is 380 g/mol. The molecule has 0 aliphatic rings. The van der Waals surface area contributed by atoms with Crippen molar-refractivity contribution in [1.82, 2.24) is 4.57 Å². The average Bonchev–Trinajstić information content (AvgIpc) is 3.16. The predicted molar refractivity (Wildman–Crippen MR) is 109 cm³/mol. The molecule has 0 bridgehead atoms. The van der Waals surface area contributed by atoms with Crippen LogP contribution in [-0.2, 0) is 6.54 Å². The number of anilines is 1. The number of carbonyl (C=O) groups excluding carboxylic acids is 1. The van der Waals surface area contributed by atoms with Crippen molar-refractivity contribution in [2.75, 3.05) is 27.1 Å². The smallest absolute Gasteiger partial charge is 0.209 e. The third-order valence-electron chi connectivity index (χ3n) is 4.64. The van der Waals surface area contributed by atoms with Crippen molar-refractivity contribution in [3.63, 3.8) is 0 Å². The summed E-state index contributed by atoms with van der Waals surface area (Å²) in [6.45, 7) is 2.67. The molecule has 0 spiro atoms. The topological polar surface area (TPSA) is 75.7 Å². The van der Waals surface area contributed by atoms with Gasteiger partial charge < -0.3 is 24.5 Å². The molecule has 28 heavy (non-hydrogen) atoms. The molecule has 6 heteroatoms. The van der Waals surface area contributed by atoms with Gasteiger partial charge >= 0.3 is 0 Å². The molecule has 3 aromatic rings. The van der Waals surface area contributed by atoms with E-state index in [9.17, 15) is 4.79 Å². The minimum Gasteiger partial charge on any atom is -0.493 e. The molecule has 1 heterocycles. The summed E-state index contributed by atoms with van der Waals surface area (Å²) >= 11 is 0. The van der Waals surface area contributed by atoms with Crippen LogP contribution in [0.5, 0.6) is 17.2 Å². The van der Waals surface area contributed by atoms with Crippen molar-refractivity contribution in [1.29, 1.82) is 0 Å². The van der Waals surface area contributed by atoms with E-state index < -0.39 is 0 Å². The van der Waals surface area contributed by atoms with Crippen LogP contribution in [0.4, 0.5) is 5.69 Å². The summed E-state index contributed by atoms with van der Waals surface area (Å²) < 4.78 is 18.0. The predicted octanol–water partition coefficient (Wildman–Crippen LogP) is 4.01. The van der Waals surface area contributed by atoms with Crippen LogP contribution < -0.4 is 19.9 Å². The number of hydrogen-bond donors (Lipinski definition) is 1. The molecule has 0 atom stereocenters. The molecule has 3 rings (SSSR count). The molecule has 0 unspecified atom stereocenters. The summed E-state index contributed by atoms with van der Waals surface area (Å²) in [6.07, 6.45) is 1.97. The Balaban J connectivity index is 2.06. The maximum Gasteiger partial charge on any atom is 0.209 e. The van der Waals surface area contributed by atoms with Crippen LogP contribution in [0.3, 0.4) is 0 Å². The number of benzene rings is 2. The van der Waals surface area contributed by atoms with Gasteiger partial charge in [0, 0.05) is 29.6 Å². The fourth-order valence-electron chi connectivity index (χ4n) is 3.16. The Bertz CT molecular complexity index is 965. The Morgan fingerprint density at radius 3 is 2.04 bits per heavy atom. The van der Waals surface area contributed by atoms with Crippen LogP contribution in [0.25, 0.3) is 11.1 Å². The molecule has 0 saturated heterocycles. The second-order valence-electron chi connectivity index (χ2n) is 6.27. The minimum absolute atomic E-state index is 0.122. The van der Waals surface area contributed by atoms with Gasteiger partial charge in [-0.3, -0.25) is 4.79 Å². The summed E-state index contributed by atoms with van der Waals surface area (Å²) in [5.74, 6) is 1.22. The molecule has 0 saturated carbocycles. The highest BCUT2D eigenvalue weighted by atomic mass is 16.5. The molecule has 0 amide bonds. The van der Waals surface area contributed by atoms with Crippen LogP contribution in [-0.4, -0.2) is 31.7 Å². The molecule has 146 valence electrons. The number of nitrogens with two attached hydrogens (primary N) is 1. The first-order valence-corrected chi connectivity index (χ1v) is 8.93. The summed E-state index contributed by atoms with van der Waals surface area (Å²) in [6, 6.07) is 12.8. The number of nitrogen functional groups attached to an aromatic ring is 1. The maximum absolute atomic E-state index is 13.3. The van der Waals surface area contributed by atoms with Gasteiger partial charge in [-0.05, 0) is 42.8 Å². The fourth-order valence-corrected chi connectivity index (χ4v) is 3.16. The molecular formula is C22H24N2O4. The number of methoxy groups -OCH3 is 3. The third-order valence-corrected chi connectivity index (χ3v) is 4.64. The quantitative estimate of drug-likeness (QED) is 0.495. The second-order valence-corrected chi connectivity index (χ2v) is 6.27. The van der Waals surface area contributed by atoms with Gasteiger partial charge in [-0.25, -0.2) is 0 Å². The van der Waals surface area contributed by atoms with Crippen LogP contribution in [0.2, 0.25) is 0 Å². The van der Waals surface area contributed by atoms with Crippen molar-refractivity contribution in [2.45, 2.75) is 13.5 Å². The van der Waals surface area contributed by atoms with Gasteiger partial charge in [0.05, 0.1) is 27.0 Å². The summed E-state index contributed by atoms with van der Waals surface area (Å²) in [5.41, 5.74) is 9.48. The van der Waals surface area contributed by atoms with Crippen molar-refractivity contribution < 1.29 is 19.0 Å². The van der Waals surface area contributed by atoms with Crippen LogP contribution in [0.15, 0.2) is 48.7 Å². The zero-order valence-electron chi connectivity index (χ0n) is 16.5. The summed E-state index contributed by atoms with van der Waals surface area (Å²) in [5, 5.41) is 0. The zero-order valence-corrected chi connectivity index (χ0v) is 16.5. The normalized spacial score (nSPS) is 10.6. The Hall–Kier alpha value is -3.41. The SMILES string of the molecule is CCn1cc(-c2ccc(N)cc2)cc1C(=O)c1cc(OC)c(OC)c(OC)c1. The van der Waals surface area contributed by atoms with E-state index in [-0.39, 0.29) is 5.78 Å². The highest BCUT2D eigenvalue weighted by Gasteiger charge is 2.21. The number of hydrogen-bond acceptors (Lipinski definition) is 5. The van der Waals surface area contributed by atoms with Gasteiger partial charge in [-0.2, -0.15) is 0 Å². The number of ketones is 1. The largest absolute Gasteiger partial charge is 0.493 e. The van der Waals surface area contributed by atoms with E-state index in [0.717, 1.165) is 11.1 Å². The Morgan fingerprint density at radius 1 is 0.929 bits per heavy atom. The fraction of sp³-hybridized carbons (Fsp3) is 0.227. The number of aryl methyl sites for hydroxylation is 1. The summed E-state index contributed by atoms with van der Waals surface area (Å²) in [4.78, 5) is 13.3. The number of nitrogens with zero attached hydrogens (tertiary/aromatic N) is 1. The zero-order chi connectivity index (χ0) is 20.3. The number of carbonyl (C=O) groups is 1. The number of rotatable bonds is 7. The minimum atomic E-state index is -0.122. The van der Waals surface area contributed by atoms with Crippen LogP contribution in [0.1, 0.15) is 23.0 Å². The second kappa shape index (κ2) is 8.08. The Labute approximate surface area is 164 Å². The van der Waals surface area contributed by atoms with E-state index >= 15 is 0 Å². The molecule has 0 aliphatic carbocycles. The van der Waals surface area contributed by atoms with Gasteiger partial charge in [-0.1, -0.05) is 12.1 Å². The van der Waals surface area contributed by atoms with Gasteiger partial charge in [0.15, 0.2) is 11.5 Å². The standard InChI is InChI=1S/C22H24N2O4/c1-5-24-13-16(14-6-8-17(23)9-7-14)10-18(24)21(25)15-11-19(26-2)22(28-4)20(12-15)27-3/h6-13H,5,23H2,1-4H3. The Kier molecular flexibility index (Phi) is 5.59. The monoisotopic (exact) mass is 380 g/mol. The van der Waals surface area contributed by atoms with E-state index in [1.54, 1.807) is 12.1 Å². The van der Waals surface area contributed by atoms with Crippen molar-refractivity contribution >= 4 is 11.5 Å². The van der Waals surface area contributed by atoms with E-state index in [1.807, 2.05) is 48.0 Å². The van der Waals surface area contributed by atoms with E-state index in [4.69, 9.17) is 19.9 Å². The first-order valence-electron chi connectivity index (χ1n) is 8.93. The highest BCUT2D eigenvalue weighted by Crippen LogP contribution is 2.39. The lowest BCUT2D eigenvalue weighted by atomic mass is 10.0. The van der Waals surface area contributed by atoms with Gasteiger partial charge in [0.1, 0.15) is 0 Å². The third kappa shape index (κ3) is 3.53. The van der Waals surface area contributed by atoms with Crippen molar-refractivity contribution in [3.05, 3.63) is 59.9 Å². The number of ether oxygens (including phenoxy) is 3. The first kappa shape index (κ1) is 19.4. The lowest BCUT2D eigenvalue weighted by Crippen LogP contribution is -2.09. The Morgan fingerprint density at radius 2 is 1.54 bits per heavy atom. The molecule has 0 aliphatic heterocycles. The lowest BCUT2D eigenvalue weighted by Gasteiger charge is -2.14. The lowest BCUT2D eigenvalue weighted by molar-refractivity contribution is 0.102. The molecule has 2 N–H and O–H groups in total. The molecule has 1 aromatic heterocycles. The van der Waals surface area contributed by atoms with E-state index in [2.05, 4.69) is 0 Å². The van der Waals surface area contributed by atoms with Gasteiger partial charge in [0.25, 0.3) is 0 Å². The van der Waals surface area contributed by atoms with Crippen molar-refractivity contribution in [2.24, 2.45) is 0 Å². The summed E-state index contributed by atoms with van der Waals surface area (Å²) in [7, 11) is 4.59. The van der Waals surface area contributed by atoms with Gasteiger partial charge in [0.2, 0.25) is 11.5 Å². The molecular weight excluding hydrogens is 356 g/mol. The molecule has 2 aromatic carbocycles. The maximum atomic E-state index is 13.3. The van der Waals surface area contributed by atoms with Crippen LogP contribution in [0, 0.1) is 0 Å². The van der Waals surface area contributed by atoms with E-state index in [1.165, 1.54) is 21.3 Å². The molecule has 0 radical (unpaired) electrons. The van der Waals surface area contributed by atoms with Crippen molar-refractivity contribution in [3.8, 4) is 28.4 Å². The highest BCUT2D eigenvalue weighted by molar-refractivity contribution is 6.09.